The first-order valence-electron chi connectivity index (χ1n) is 5.75. The van der Waals surface area contributed by atoms with E-state index in [9.17, 15) is 0 Å². The largest absolute Gasteiger partial charge is 0.398 e. The maximum Gasteiger partial charge on any atom is 0.101 e. The van der Waals surface area contributed by atoms with Crippen molar-refractivity contribution in [3.63, 3.8) is 0 Å². The summed E-state index contributed by atoms with van der Waals surface area (Å²) >= 11 is 0. The van der Waals surface area contributed by atoms with Gasteiger partial charge in [0.25, 0.3) is 0 Å². The van der Waals surface area contributed by atoms with Crippen molar-refractivity contribution in [3.05, 3.63) is 23.8 Å². The molecule has 3 nitrogen and oxygen atoms in total. The SMILES string of the molecule is CC(CC1CC1)Nc1ccc(C#N)c(N)c1. The monoisotopic (exact) mass is 215 g/mol. The number of anilines is 2. The molecule has 1 atom stereocenters. The Bertz CT molecular complexity index is 416. The number of nitrogens with two attached hydrogens (primary N) is 1. The lowest BCUT2D eigenvalue weighted by molar-refractivity contribution is 0.642. The van der Waals surface area contributed by atoms with Crippen LogP contribution in [0, 0.1) is 17.2 Å². The molecule has 1 saturated carbocycles. The Kier molecular flexibility index (Phi) is 3.00. The van der Waals surface area contributed by atoms with E-state index >= 15 is 0 Å². The highest BCUT2D eigenvalue weighted by Gasteiger charge is 2.23. The van der Waals surface area contributed by atoms with Gasteiger partial charge in [0, 0.05) is 11.7 Å². The third-order valence-electron chi connectivity index (χ3n) is 2.97. The number of hydrogen-bond acceptors (Lipinski definition) is 3. The van der Waals surface area contributed by atoms with E-state index in [0.717, 1.165) is 11.6 Å². The van der Waals surface area contributed by atoms with Gasteiger partial charge in [-0.15, -0.1) is 0 Å². The first-order chi connectivity index (χ1) is 7.69. The molecule has 3 N–H and O–H groups in total. The van der Waals surface area contributed by atoms with Gasteiger partial charge in [-0.2, -0.15) is 5.26 Å². The molecule has 0 amide bonds. The normalized spacial score (nSPS) is 16.5. The molecule has 1 aromatic rings. The molecule has 0 aromatic heterocycles. The summed E-state index contributed by atoms with van der Waals surface area (Å²) < 4.78 is 0. The Labute approximate surface area is 96.3 Å². The molecule has 3 heteroatoms. The molecule has 1 aliphatic rings. The summed E-state index contributed by atoms with van der Waals surface area (Å²) in [5.74, 6) is 0.915. The number of nitrogens with one attached hydrogen (secondary N) is 1. The van der Waals surface area contributed by atoms with Gasteiger partial charge >= 0.3 is 0 Å². The molecule has 16 heavy (non-hydrogen) atoms. The van der Waals surface area contributed by atoms with Crippen LogP contribution in [0.1, 0.15) is 31.7 Å². The molecule has 84 valence electrons. The fourth-order valence-electron chi connectivity index (χ4n) is 1.95. The van der Waals surface area contributed by atoms with Crippen molar-refractivity contribution in [2.24, 2.45) is 5.92 Å². The lowest BCUT2D eigenvalue weighted by atomic mass is 10.1. The van der Waals surface area contributed by atoms with E-state index in [1.165, 1.54) is 19.3 Å². The van der Waals surface area contributed by atoms with Crippen molar-refractivity contribution in [1.82, 2.24) is 0 Å². The van der Waals surface area contributed by atoms with Crippen molar-refractivity contribution in [2.45, 2.75) is 32.2 Å². The predicted molar refractivity (Wildman–Crippen MR) is 66.0 cm³/mol. The molecule has 0 spiro atoms. The third kappa shape index (κ3) is 2.66. The fourth-order valence-corrected chi connectivity index (χ4v) is 1.95. The maximum absolute atomic E-state index is 8.77. The van der Waals surface area contributed by atoms with E-state index in [4.69, 9.17) is 11.0 Å². The zero-order valence-electron chi connectivity index (χ0n) is 9.53. The van der Waals surface area contributed by atoms with Gasteiger partial charge in [0.05, 0.1) is 11.3 Å². The number of benzene rings is 1. The maximum atomic E-state index is 8.77. The lowest BCUT2D eigenvalue weighted by Crippen LogP contribution is -2.15. The molecule has 1 aliphatic carbocycles. The van der Waals surface area contributed by atoms with Gasteiger partial charge in [0.2, 0.25) is 0 Å². The molecule has 0 radical (unpaired) electrons. The Morgan fingerprint density at radius 2 is 2.31 bits per heavy atom. The number of rotatable bonds is 4. The fraction of sp³-hybridized carbons (Fsp3) is 0.462. The molecule has 1 aromatic carbocycles. The van der Waals surface area contributed by atoms with Crippen molar-refractivity contribution in [1.29, 1.82) is 5.26 Å². The summed E-state index contributed by atoms with van der Waals surface area (Å²) in [6.45, 7) is 2.19. The quantitative estimate of drug-likeness (QED) is 0.759. The van der Waals surface area contributed by atoms with Gasteiger partial charge in [-0.05, 0) is 37.5 Å². The van der Waals surface area contributed by atoms with Gasteiger partial charge in [-0.3, -0.25) is 0 Å². The molecule has 0 heterocycles. The number of nitrogen functional groups attached to an aromatic ring is 1. The number of hydrogen-bond donors (Lipinski definition) is 2. The molecular formula is C13H17N3. The van der Waals surface area contributed by atoms with Crippen LogP contribution in [0.4, 0.5) is 11.4 Å². The van der Waals surface area contributed by atoms with Crippen LogP contribution in [0.25, 0.3) is 0 Å². The van der Waals surface area contributed by atoms with Crippen molar-refractivity contribution in [2.75, 3.05) is 11.1 Å². The van der Waals surface area contributed by atoms with Crippen LogP contribution in [-0.4, -0.2) is 6.04 Å². The molecular weight excluding hydrogens is 198 g/mol. The molecule has 0 saturated heterocycles. The second-order valence-electron chi connectivity index (χ2n) is 4.64. The van der Waals surface area contributed by atoms with Crippen LogP contribution in [0.15, 0.2) is 18.2 Å². The molecule has 1 fully saturated rings. The van der Waals surface area contributed by atoms with Crippen LogP contribution in [0.2, 0.25) is 0 Å². The van der Waals surface area contributed by atoms with Gasteiger partial charge in [-0.1, -0.05) is 12.8 Å². The van der Waals surface area contributed by atoms with E-state index in [1.807, 2.05) is 12.1 Å². The second kappa shape index (κ2) is 4.44. The summed E-state index contributed by atoms with van der Waals surface area (Å²) in [6.07, 6.45) is 3.98. The Morgan fingerprint density at radius 1 is 1.56 bits per heavy atom. The summed E-state index contributed by atoms with van der Waals surface area (Å²) in [5, 5.41) is 12.2. The minimum atomic E-state index is 0.472. The van der Waals surface area contributed by atoms with E-state index in [2.05, 4.69) is 18.3 Å². The zero-order chi connectivity index (χ0) is 11.5. The highest BCUT2D eigenvalue weighted by molar-refractivity contribution is 5.62. The lowest BCUT2D eigenvalue weighted by Gasteiger charge is -2.15. The molecule has 0 aliphatic heterocycles. The van der Waals surface area contributed by atoms with E-state index in [-0.39, 0.29) is 0 Å². The average molecular weight is 215 g/mol. The molecule has 2 rings (SSSR count). The second-order valence-corrected chi connectivity index (χ2v) is 4.64. The zero-order valence-corrected chi connectivity index (χ0v) is 9.53. The minimum Gasteiger partial charge on any atom is -0.398 e. The Balaban J connectivity index is 1.98. The topological polar surface area (TPSA) is 61.8 Å². The van der Waals surface area contributed by atoms with Crippen LogP contribution in [0.3, 0.4) is 0 Å². The summed E-state index contributed by atoms with van der Waals surface area (Å²) in [6, 6.07) is 8.05. The van der Waals surface area contributed by atoms with E-state index < -0.39 is 0 Å². The van der Waals surface area contributed by atoms with Crippen LogP contribution in [0.5, 0.6) is 0 Å². The van der Waals surface area contributed by atoms with Crippen molar-refractivity contribution >= 4 is 11.4 Å². The first-order valence-corrected chi connectivity index (χ1v) is 5.75. The van der Waals surface area contributed by atoms with Gasteiger partial charge in [-0.25, -0.2) is 0 Å². The smallest absolute Gasteiger partial charge is 0.101 e. The average Bonchev–Trinajstić information content (AvgIpc) is 3.01. The standard InChI is InChI=1S/C13H17N3/c1-9(6-10-2-3-10)16-12-5-4-11(8-14)13(15)7-12/h4-5,7,9-10,16H,2-3,6,15H2,1H3. The predicted octanol–water partition coefficient (Wildman–Crippen LogP) is 2.74. The molecule has 1 unspecified atom stereocenters. The minimum absolute atomic E-state index is 0.472. The number of nitriles is 1. The van der Waals surface area contributed by atoms with E-state index in [1.54, 1.807) is 6.07 Å². The van der Waals surface area contributed by atoms with Gasteiger partial charge in [0.1, 0.15) is 6.07 Å². The highest BCUT2D eigenvalue weighted by atomic mass is 14.9. The summed E-state index contributed by atoms with van der Waals surface area (Å²) in [5.41, 5.74) is 7.85. The van der Waals surface area contributed by atoms with Crippen LogP contribution >= 0.6 is 0 Å². The molecule has 0 bridgehead atoms. The first kappa shape index (κ1) is 10.8. The Hall–Kier alpha value is -1.69. The van der Waals surface area contributed by atoms with Crippen LogP contribution < -0.4 is 11.1 Å². The van der Waals surface area contributed by atoms with E-state index in [0.29, 0.717) is 17.3 Å². The van der Waals surface area contributed by atoms with Crippen molar-refractivity contribution in [3.8, 4) is 6.07 Å². The summed E-state index contributed by atoms with van der Waals surface area (Å²) in [7, 11) is 0. The van der Waals surface area contributed by atoms with Crippen LogP contribution in [-0.2, 0) is 0 Å². The highest BCUT2D eigenvalue weighted by Crippen LogP contribution is 2.34. The van der Waals surface area contributed by atoms with Gasteiger partial charge in [0.15, 0.2) is 0 Å². The number of nitrogens with zero attached hydrogens (tertiary/aromatic N) is 1. The Morgan fingerprint density at radius 3 is 2.88 bits per heavy atom. The third-order valence-corrected chi connectivity index (χ3v) is 2.97. The van der Waals surface area contributed by atoms with Gasteiger partial charge < -0.3 is 11.1 Å². The van der Waals surface area contributed by atoms with Crippen molar-refractivity contribution < 1.29 is 0 Å². The summed E-state index contributed by atoms with van der Waals surface area (Å²) in [4.78, 5) is 0.